The molecule has 2 unspecified atom stereocenters. The second kappa shape index (κ2) is 5.34. The zero-order valence-electron chi connectivity index (χ0n) is 12.6. The Kier molecular flexibility index (Phi) is 3.92. The highest BCUT2D eigenvalue weighted by atomic mass is 16.6. The molecule has 1 fully saturated rings. The van der Waals surface area contributed by atoms with Gasteiger partial charge in [-0.1, -0.05) is 6.92 Å². The van der Waals surface area contributed by atoms with Crippen molar-refractivity contribution in [3.05, 3.63) is 11.8 Å². The fraction of sp³-hybridized carbons (Fsp3) is 0.714. The second-order valence-corrected chi connectivity index (χ2v) is 6.57. The number of hydrogen-bond acceptors (Lipinski definition) is 4. The van der Waals surface area contributed by atoms with Gasteiger partial charge in [-0.05, 0) is 39.5 Å². The number of ether oxygens (including phenoxy) is 1. The third-order valence-corrected chi connectivity index (χ3v) is 3.47. The Balaban J connectivity index is 2.18. The lowest BCUT2D eigenvalue weighted by atomic mass is 9.91. The van der Waals surface area contributed by atoms with Crippen molar-refractivity contribution in [2.45, 2.75) is 52.2 Å². The molecule has 1 aromatic heterocycles. The van der Waals surface area contributed by atoms with E-state index in [1.165, 1.54) is 0 Å². The van der Waals surface area contributed by atoms with Crippen molar-refractivity contribution in [3.63, 3.8) is 0 Å². The summed E-state index contributed by atoms with van der Waals surface area (Å²) in [5.41, 5.74) is 6.05. The number of H-pyrrole nitrogens is 1. The smallest absolute Gasteiger partial charge is 0.410 e. The number of nitrogen functional groups attached to an aromatic ring is 1. The van der Waals surface area contributed by atoms with E-state index in [1.807, 2.05) is 20.8 Å². The summed E-state index contributed by atoms with van der Waals surface area (Å²) in [6, 6.07) is 1.75. The van der Waals surface area contributed by atoms with Gasteiger partial charge in [-0.3, -0.25) is 10.00 Å². The van der Waals surface area contributed by atoms with E-state index >= 15 is 0 Å². The number of rotatable bonds is 1. The van der Waals surface area contributed by atoms with E-state index in [9.17, 15) is 4.79 Å². The molecule has 1 amide bonds. The molecule has 0 bridgehead atoms. The van der Waals surface area contributed by atoms with Crippen molar-refractivity contribution in [2.24, 2.45) is 5.92 Å². The predicted molar refractivity (Wildman–Crippen MR) is 77.1 cm³/mol. The van der Waals surface area contributed by atoms with Crippen molar-refractivity contribution >= 4 is 11.9 Å². The highest BCUT2D eigenvalue weighted by Crippen LogP contribution is 2.34. The predicted octanol–water partition coefficient (Wildman–Crippen LogP) is 2.70. The van der Waals surface area contributed by atoms with Crippen LogP contribution >= 0.6 is 0 Å². The van der Waals surface area contributed by atoms with Crippen LogP contribution in [0.4, 0.5) is 10.6 Å². The summed E-state index contributed by atoms with van der Waals surface area (Å²) in [6.07, 6.45) is 1.60. The molecule has 0 aliphatic carbocycles. The van der Waals surface area contributed by atoms with Crippen LogP contribution in [0.25, 0.3) is 0 Å². The highest BCUT2D eigenvalue weighted by molar-refractivity contribution is 5.69. The van der Waals surface area contributed by atoms with Crippen LogP contribution in [-0.4, -0.2) is 33.3 Å². The van der Waals surface area contributed by atoms with Gasteiger partial charge < -0.3 is 10.5 Å². The van der Waals surface area contributed by atoms with Crippen molar-refractivity contribution in [1.82, 2.24) is 15.1 Å². The van der Waals surface area contributed by atoms with Gasteiger partial charge in [-0.15, -0.1) is 0 Å². The Bertz CT molecular complexity index is 478. The van der Waals surface area contributed by atoms with Crippen LogP contribution in [0.5, 0.6) is 0 Å². The summed E-state index contributed by atoms with van der Waals surface area (Å²) in [7, 11) is 0. The Morgan fingerprint density at radius 3 is 2.80 bits per heavy atom. The zero-order valence-corrected chi connectivity index (χ0v) is 12.6. The molecule has 2 rings (SSSR count). The molecule has 2 heterocycles. The first-order chi connectivity index (χ1) is 9.26. The van der Waals surface area contributed by atoms with Gasteiger partial charge in [0.05, 0.1) is 11.7 Å². The summed E-state index contributed by atoms with van der Waals surface area (Å²) < 4.78 is 5.49. The lowest BCUT2D eigenvalue weighted by Gasteiger charge is -2.38. The van der Waals surface area contributed by atoms with Crippen LogP contribution in [-0.2, 0) is 4.74 Å². The summed E-state index contributed by atoms with van der Waals surface area (Å²) in [4.78, 5) is 14.1. The number of carbonyl (C=O) groups is 1. The average molecular weight is 280 g/mol. The molecule has 112 valence electrons. The van der Waals surface area contributed by atoms with Crippen molar-refractivity contribution in [3.8, 4) is 0 Å². The largest absolute Gasteiger partial charge is 0.444 e. The molecule has 1 saturated heterocycles. The van der Waals surface area contributed by atoms with Crippen LogP contribution in [0.2, 0.25) is 0 Å². The highest BCUT2D eigenvalue weighted by Gasteiger charge is 2.34. The third kappa shape index (κ3) is 3.43. The molecular formula is C14H24N4O2. The molecule has 0 saturated carbocycles. The molecule has 6 nitrogen and oxygen atoms in total. The number of piperidine rings is 1. The number of anilines is 1. The molecular weight excluding hydrogens is 256 g/mol. The van der Waals surface area contributed by atoms with Crippen LogP contribution < -0.4 is 5.73 Å². The normalized spacial score (nSPS) is 23.7. The SMILES string of the molecule is CC1CCN(C(=O)OC(C)(C)C)C(c2cc(N)n[nH]2)C1. The molecule has 2 atom stereocenters. The van der Waals surface area contributed by atoms with E-state index in [0.29, 0.717) is 18.3 Å². The molecule has 0 radical (unpaired) electrons. The topological polar surface area (TPSA) is 84.2 Å². The lowest BCUT2D eigenvalue weighted by Crippen LogP contribution is -2.43. The quantitative estimate of drug-likeness (QED) is 0.828. The van der Waals surface area contributed by atoms with E-state index in [1.54, 1.807) is 11.0 Å². The van der Waals surface area contributed by atoms with Crippen LogP contribution in [0, 0.1) is 5.92 Å². The van der Waals surface area contributed by atoms with E-state index in [2.05, 4.69) is 17.1 Å². The van der Waals surface area contributed by atoms with Gasteiger partial charge in [0.25, 0.3) is 0 Å². The van der Waals surface area contributed by atoms with E-state index in [0.717, 1.165) is 18.5 Å². The molecule has 1 aliphatic heterocycles. The number of amides is 1. The first-order valence-electron chi connectivity index (χ1n) is 7.06. The first-order valence-corrected chi connectivity index (χ1v) is 7.06. The summed E-state index contributed by atoms with van der Waals surface area (Å²) in [5.74, 6) is 1.01. The Morgan fingerprint density at radius 2 is 2.25 bits per heavy atom. The van der Waals surface area contributed by atoms with Gasteiger partial charge in [-0.2, -0.15) is 5.10 Å². The average Bonchev–Trinajstić information content (AvgIpc) is 2.73. The molecule has 0 spiro atoms. The van der Waals surface area contributed by atoms with E-state index < -0.39 is 5.60 Å². The maximum Gasteiger partial charge on any atom is 0.410 e. The van der Waals surface area contributed by atoms with Crippen LogP contribution in [0.3, 0.4) is 0 Å². The number of aromatic amines is 1. The summed E-state index contributed by atoms with van der Waals surface area (Å²) >= 11 is 0. The standard InChI is InChI=1S/C14H24N4O2/c1-9-5-6-18(13(19)20-14(2,3)4)11(7-9)10-8-12(15)17-16-10/h8-9,11H,5-7H2,1-4H3,(H3,15,16,17). The molecule has 20 heavy (non-hydrogen) atoms. The van der Waals surface area contributed by atoms with Crippen LogP contribution in [0.1, 0.15) is 52.3 Å². The number of likely N-dealkylation sites (tertiary alicyclic amines) is 1. The zero-order chi connectivity index (χ0) is 14.9. The minimum Gasteiger partial charge on any atom is -0.444 e. The maximum absolute atomic E-state index is 12.3. The Labute approximate surface area is 119 Å². The number of hydrogen-bond donors (Lipinski definition) is 2. The van der Waals surface area contributed by atoms with Gasteiger partial charge in [0.15, 0.2) is 0 Å². The minimum absolute atomic E-state index is 0.0431. The Morgan fingerprint density at radius 1 is 1.55 bits per heavy atom. The van der Waals surface area contributed by atoms with Gasteiger partial charge in [0, 0.05) is 12.6 Å². The second-order valence-electron chi connectivity index (χ2n) is 6.57. The van der Waals surface area contributed by atoms with Crippen molar-refractivity contribution < 1.29 is 9.53 Å². The number of carbonyl (C=O) groups excluding carboxylic acids is 1. The number of nitrogens with zero attached hydrogens (tertiary/aromatic N) is 2. The maximum atomic E-state index is 12.3. The number of nitrogens with one attached hydrogen (secondary N) is 1. The minimum atomic E-state index is -0.488. The van der Waals surface area contributed by atoms with E-state index in [-0.39, 0.29) is 12.1 Å². The molecule has 6 heteroatoms. The van der Waals surface area contributed by atoms with E-state index in [4.69, 9.17) is 10.5 Å². The van der Waals surface area contributed by atoms with Gasteiger partial charge >= 0.3 is 6.09 Å². The monoisotopic (exact) mass is 280 g/mol. The fourth-order valence-electron chi connectivity index (χ4n) is 2.50. The Hall–Kier alpha value is -1.72. The lowest BCUT2D eigenvalue weighted by molar-refractivity contribution is 0.00454. The summed E-state index contributed by atoms with van der Waals surface area (Å²) in [6.45, 7) is 8.51. The molecule has 3 N–H and O–H groups in total. The number of nitrogens with two attached hydrogens (primary N) is 1. The fourth-order valence-corrected chi connectivity index (χ4v) is 2.50. The van der Waals surface area contributed by atoms with Gasteiger partial charge in [0.2, 0.25) is 0 Å². The van der Waals surface area contributed by atoms with Crippen molar-refractivity contribution in [1.29, 1.82) is 0 Å². The van der Waals surface area contributed by atoms with Gasteiger partial charge in [-0.25, -0.2) is 4.79 Å². The third-order valence-electron chi connectivity index (χ3n) is 3.47. The number of aromatic nitrogens is 2. The van der Waals surface area contributed by atoms with Crippen LogP contribution in [0.15, 0.2) is 6.07 Å². The van der Waals surface area contributed by atoms with Gasteiger partial charge in [0.1, 0.15) is 11.4 Å². The molecule has 0 aromatic carbocycles. The molecule has 1 aliphatic rings. The first kappa shape index (κ1) is 14.7. The summed E-state index contributed by atoms with van der Waals surface area (Å²) in [5, 5.41) is 6.88. The molecule has 1 aromatic rings. The van der Waals surface area contributed by atoms with Crippen molar-refractivity contribution in [2.75, 3.05) is 12.3 Å².